The third-order valence-electron chi connectivity index (χ3n) is 4.45. The van der Waals surface area contributed by atoms with Gasteiger partial charge in [0.05, 0.1) is 6.61 Å². The van der Waals surface area contributed by atoms with Gasteiger partial charge < -0.3 is 9.47 Å². The molecule has 3 rings (SSSR count). The maximum atomic E-state index is 12.0. The molecule has 0 radical (unpaired) electrons. The van der Waals surface area contributed by atoms with Crippen LogP contribution in [0, 0.1) is 0 Å². The number of nitrogens with zero attached hydrogens (tertiary/aromatic N) is 4. The molecule has 0 unspecified atom stereocenters. The molecule has 1 aliphatic rings. The summed E-state index contributed by atoms with van der Waals surface area (Å²) in [5, 5.41) is 12.2. The summed E-state index contributed by atoms with van der Waals surface area (Å²) < 4.78 is 11.1. The molecule has 0 bridgehead atoms. The molecular weight excluding hydrogens is 332 g/mol. The van der Waals surface area contributed by atoms with Crippen molar-refractivity contribution in [1.82, 2.24) is 20.2 Å². The maximum Gasteiger partial charge on any atom is 0.330 e. The van der Waals surface area contributed by atoms with Gasteiger partial charge in [-0.3, -0.25) is 0 Å². The third-order valence-corrected chi connectivity index (χ3v) is 4.45. The highest BCUT2D eigenvalue weighted by atomic mass is 16.5. The molecule has 1 fully saturated rings. The van der Waals surface area contributed by atoms with E-state index >= 15 is 0 Å². The fraction of sp³-hybridized carbons (Fsp3) is 0.579. The fourth-order valence-corrected chi connectivity index (χ4v) is 2.98. The van der Waals surface area contributed by atoms with Gasteiger partial charge in [-0.2, -0.15) is 4.80 Å². The first-order valence-electron chi connectivity index (χ1n) is 9.45. The van der Waals surface area contributed by atoms with Crippen LogP contribution in [-0.2, 0) is 16.1 Å². The van der Waals surface area contributed by atoms with Crippen LogP contribution in [0.4, 0.5) is 0 Å². The summed E-state index contributed by atoms with van der Waals surface area (Å²) in [6.45, 7) is 2.83. The van der Waals surface area contributed by atoms with Crippen LogP contribution in [0.2, 0.25) is 0 Å². The van der Waals surface area contributed by atoms with Crippen molar-refractivity contribution in [2.24, 2.45) is 0 Å². The van der Waals surface area contributed by atoms with Gasteiger partial charge in [-0.1, -0.05) is 19.8 Å². The van der Waals surface area contributed by atoms with Crippen molar-refractivity contribution in [3.05, 3.63) is 24.3 Å². The van der Waals surface area contributed by atoms with Crippen molar-refractivity contribution in [3.8, 4) is 17.1 Å². The Kier molecular flexibility index (Phi) is 6.57. The van der Waals surface area contributed by atoms with Gasteiger partial charge in [-0.25, -0.2) is 4.79 Å². The Balaban J connectivity index is 1.52. The SMILES string of the molecule is CCCCOc1ccc(-c2nnn(CC(=O)OC3CCCCC3)n2)cc1. The highest BCUT2D eigenvalue weighted by molar-refractivity contribution is 5.69. The Labute approximate surface area is 153 Å². The average Bonchev–Trinajstić information content (AvgIpc) is 3.11. The number of tetrazole rings is 1. The first-order chi connectivity index (χ1) is 12.7. The van der Waals surface area contributed by atoms with E-state index in [0.717, 1.165) is 49.8 Å². The molecular formula is C19H26N4O3. The number of unbranched alkanes of at least 4 members (excludes halogenated alkanes) is 1. The molecule has 2 aromatic rings. The summed E-state index contributed by atoms with van der Waals surface area (Å²) in [6, 6.07) is 7.57. The quantitative estimate of drug-likeness (QED) is 0.531. The summed E-state index contributed by atoms with van der Waals surface area (Å²) in [6.07, 6.45) is 7.57. The number of aromatic nitrogens is 4. The first-order valence-corrected chi connectivity index (χ1v) is 9.45. The predicted molar refractivity (Wildman–Crippen MR) is 96.6 cm³/mol. The molecule has 1 heterocycles. The summed E-state index contributed by atoms with van der Waals surface area (Å²) in [4.78, 5) is 13.3. The van der Waals surface area contributed by atoms with Gasteiger partial charge in [0.25, 0.3) is 0 Å². The first kappa shape index (κ1) is 18.4. The second-order valence-electron chi connectivity index (χ2n) is 6.62. The van der Waals surface area contributed by atoms with Gasteiger partial charge in [0.1, 0.15) is 11.9 Å². The van der Waals surface area contributed by atoms with Crippen molar-refractivity contribution < 1.29 is 14.3 Å². The van der Waals surface area contributed by atoms with Gasteiger partial charge in [0.2, 0.25) is 5.82 Å². The number of hydrogen-bond donors (Lipinski definition) is 0. The number of hydrogen-bond acceptors (Lipinski definition) is 6. The van der Waals surface area contributed by atoms with Crippen molar-refractivity contribution >= 4 is 5.97 Å². The van der Waals surface area contributed by atoms with Crippen LogP contribution in [-0.4, -0.2) is 38.9 Å². The monoisotopic (exact) mass is 358 g/mol. The molecule has 26 heavy (non-hydrogen) atoms. The van der Waals surface area contributed by atoms with Crippen molar-refractivity contribution in [2.75, 3.05) is 6.61 Å². The smallest absolute Gasteiger partial charge is 0.330 e. The van der Waals surface area contributed by atoms with E-state index in [1.54, 1.807) is 0 Å². The van der Waals surface area contributed by atoms with E-state index in [1.807, 2.05) is 24.3 Å². The Morgan fingerprint density at radius 1 is 1.19 bits per heavy atom. The zero-order valence-corrected chi connectivity index (χ0v) is 15.3. The number of ether oxygens (including phenoxy) is 2. The summed E-state index contributed by atoms with van der Waals surface area (Å²) in [7, 11) is 0. The molecule has 1 aliphatic carbocycles. The van der Waals surface area contributed by atoms with Gasteiger partial charge in [0.15, 0.2) is 6.54 Å². The molecule has 1 aromatic heterocycles. The Hall–Kier alpha value is -2.44. The van der Waals surface area contributed by atoms with Gasteiger partial charge >= 0.3 is 5.97 Å². The molecule has 7 nitrogen and oxygen atoms in total. The van der Waals surface area contributed by atoms with Gasteiger partial charge in [-0.15, -0.1) is 10.2 Å². The average molecular weight is 358 g/mol. The van der Waals surface area contributed by atoms with Crippen LogP contribution in [0.25, 0.3) is 11.4 Å². The minimum Gasteiger partial charge on any atom is -0.494 e. The molecule has 7 heteroatoms. The molecule has 0 aliphatic heterocycles. The van der Waals surface area contributed by atoms with Crippen molar-refractivity contribution in [1.29, 1.82) is 0 Å². The van der Waals surface area contributed by atoms with E-state index in [-0.39, 0.29) is 18.6 Å². The molecule has 1 saturated carbocycles. The lowest BCUT2D eigenvalue weighted by Crippen LogP contribution is -2.24. The summed E-state index contributed by atoms with van der Waals surface area (Å²) >= 11 is 0. The summed E-state index contributed by atoms with van der Waals surface area (Å²) in [5.74, 6) is 1.00. The third kappa shape index (κ3) is 5.28. The standard InChI is InChI=1S/C19H26N4O3/c1-2-3-13-25-16-11-9-15(10-12-16)19-20-22-23(21-19)14-18(24)26-17-7-5-4-6-8-17/h9-12,17H,2-8,13-14H2,1H3. The van der Waals surface area contributed by atoms with E-state index in [2.05, 4.69) is 22.3 Å². The van der Waals surface area contributed by atoms with Crippen LogP contribution in [0.3, 0.4) is 0 Å². The van der Waals surface area contributed by atoms with Gasteiger partial charge in [0, 0.05) is 5.56 Å². The number of carbonyl (C=O) groups excluding carboxylic acids is 1. The van der Waals surface area contributed by atoms with Crippen LogP contribution >= 0.6 is 0 Å². The predicted octanol–water partition coefficient (Wildman–Crippen LogP) is 3.39. The lowest BCUT2D eigenvalue weighted by atomic mass is 9.98. The number of carbonyl (C=O) groups is 1. The number of esters is 1. The highest BCUT2D eigenvalue weighted by Gasteiger charge is 2.18. The second-order valence-corrected chi connectivity index (χ2v) is 6.62. The Bertz CT molecular complexity index is 693. The zero-order valence-electron chi connectivity index (χ0n) is 15.3. The van der Waals surface area contributed by atoms with Crippen LogP contribution in [0.1, 0.15) is 51.9 Å². The van der Waals surface area contributed by atoms with E-state index in [9.17, 15) is 4.79 Å². The van der Waals surface area contributed by atoms with E-state index < -0.39 is 0 Å². The molecule has 0 atom stereocenters. The normalized spacial score (nSPS) is 15.0. The topological polar surface area (TPSA) is 79.1 Å². The van der Waals surface area contributed by atoms with Crippen molar-refractivity contribution in [2.45, 2.75) is 64.5 Å². The van der Waals surface area contributed by atoms with Crippen molar-refractivity contribution in [3.63, 3.8) is 0 Å². The minimum atomic E-state index is -0.305. The maximum absolute atomic E-state index is 12.0. The van der Waals surface area contributed by atoms with Crippen LogP contribution < -0.4 is 4.74 Å². The Morgan fingerprint density at radius 2 is 1.96 bits per heavy atom. The molecule has 0 N–H and O–H groups in total. The molecule has 0 saturated heterocycles. The largest absolute Gasteiger partial charge is 0.494 e. The molecule has 140 valence electrons. The van der Waals surface area contributed by atoms with E-state index in [1.165, 1.54) is 11.2 Å². The summed E-state index contributed by atoms with van der Waals surface area (Å²) in [5.41, 5.74) is 0.833. The van der Waals surface area contributed by atoms with Crippen LogP contribution in [0.5, 0.6) is 5.75 Å². The van der Waals surface area contributed by atoms with Crippen LogP contribution in [0.15, 0.2) is 24.3 Å². The fourth-order valence-electron chi connectivity index (χ4n) is 2.98. The van der Waals surface area contributed by atoms with E-state index in [0.29, 0.717) is 12.4 Å². The lowest BCUT2D eigenvalue weighted by Gasteiger charge is -2.21. The lowest BCUT2D eigenvalue weighted by molar-refractivity contribution is -0.151. The minimum absolute atomic E-state index is 0.0122. The second kappa shape index (κ2) is 9.31. The molecule has 1 aromatic carbocycles. The van der Waals surface area contributed by atoms with Gasteiger partial charge in [-0.05, 0) is 61.6 Å². The molecule has 0 amide bonds. The highest BCUT2D eigenvalue weighted by Crippen LogP contribution is 2.21. The number of benzene rings is 1. The Morgan fingerprint density at radius 3 is 2.69 bits per heavy atom. The number of rotatable bonds is 8. The van der Waals surface area contributed by atoms with E-state index in [4.69, 9.17) is 9.47 Å². The zero-order chi connectivity index (χ0) is 18.2. The molecule has 0 spiro atoms.